The quantitative estimate of drug-likeness (QED) is 0.143. The van der Waals surface area contributed by atoms with Crippen LogP contribution in [0.15, 0.2) is 42.0 Å². The third-order valence-corrected chi connectivity index (χ3v) is 5.11. The van der Waals surface area contributed by atoms with Crippen molar-refractivity contribution in [1.82, 2.24) is 4.90 Å². The lowest BCUT2D eigenvalue weighted by Crippen LogP contribution is -2.37. The fourth-order valence-electron chi connectivity index (χ4n) is 2.60. The number of nitrogens with two attached hydrogens (primary N) is 1. The minimum atomic E-state index is -1.14. The van der Waals surface area contributed by atoms with E-state index in [1.54, 1.807) is 37.3 Å². The Labute approximate surface area is 182 Å². The first kappa shape index (κ1) is 23.8. The molecule has 164 valence electrons. The number of amides is 1. The summed E-state index contributed by atoms with van der Waals surface area (Å²) in [5.74, 6) is -1.95. The van der Waals surface area contributed by atoms with Crippen molar-refractivity contribution in [3.05, 3.63) is 57.3 Å². The zero-order chi connectivity index (χ0) is 23.0. The summed E-state index contributed by atoms with van der Waals surface area (Å²) in [5.41, 5.74) is 6.21. The number of thiophene rings is 1. The van der Waals surface area contributed by atoms with Gasteiger partial charge in [-0.3, -0.25) is 15.0 Å². The number of aliphatic hydroxyl groups excluding tert-OH is 1. The van der Waals surface area contributed by atoms with Gasteiger partial charge < -0.3 is 25.6 Å². The van der Waals surface area contributed by atoms with Crippen LogP contribution in [-0.2, 0) is 9.59 Å². The van der Waals surface area contributed by atoms with Crippen LogP contribution in [-0.4, -0.2) is 58.5 Å². The Hall–Kier alpha value is -3.50. The molecule has 0 saturated carbocycles. The number of hydrogen-bond donors (Lipinski definition) is 4. The summed E-state index contributed by atoms with van der Waals surface area (Å²) in [6.45, 7) is 1.07. The van der Waals surface area contributed by atoms with Gasteiger partial charge in [-0.2, -0.15) is 0 Å². The predicted octanol–water partition coefficient (Wildman–Crippen LogP) is 1.95. The molecule has 10 heteroatoms. The SMILES string of the molecule is CC(=Cc1ccc(C(=O)Oc2ccc(C(=N)N)cc2)s1)C(=O)N(CCCO)CC(=O)O. The fourth-order valence-corrected chi connectivity index (χ4v) is 3.49. The number of benzene rings is 1. The summed E-state index contributed by atoms with van der Waals surface area (Å²) < 4.78 is 5.30. The van der Waals surface area contributed by atoms with Gasteiger partial charge in [0.25, 0.3) is 0 Å². The maximum atomic E-state index is 12.5. The third-order valence-electron chi connectivity index (χ3n) is 4.10. The summed E-state index contributed by atoms with van der Waals surface area (Å²) in [4.78, 5) is 38.0. The minimum Gasteiger partial charge on any atom is -0.480 e. The number of nitrogens with one attached hydrogen (secondary N) is 1. The summed E-state index contributed by atoms with van der Waals surface area (Å²) in [6, 6.07) is 9.45. The number of carbonyl (C=O) groups excluding carboxylic acids is 2. The van der Waals surface area contributed by atoms with Gasteiger partial charge in [0.2, 0.25) is 5.91 Å². The first-order valence-corrected chi connectivity index (χ1v) is 10.1. The lowest BCUT2D eigenvalue weighted by atomic mass is 10.2. The molecule has 0 atom stereocenters. The average Bonchev–Trinajstić information content (AvgIpc) is 3.19. The number of esters is 1. The van der Waals surface area contributed by atoms with Gasteiger partial charge in [0.1, 0.15) is 23.0 Å². The van der Waals surface area contributed by atoms with E-state index < -0.39 is 24.4 Å². The van der Waals surface area contributed by atoms with Crippen molar-refractivity contribution in [2.45, 2.75) is 13.3 Å². The van der Waals surface area contributed by atoms with E-state index in [1.807, 2.05) is 0 Å². The molecule has 0 aliphatic carbocycles. The number of carboxylic acids is 1. The molecular formula is C21H23N3O6S. The number of carbonyl (C=O) groups is 3. The zero-order valence-corrected chi connectivity index (χ0v) is 17.6. The molecular weight excluding hydrogens is 422 g/mol. The molecule has 1 aromatic carbocycles. The van der Waals surface area contributed by atoms with E-state index in [9.17, 15) is 14.4 Å². The zero-order valence-electron chi connectivity index (χ0n) is 16.8. The molecule has 0 aliphatic heterocycles. The monoisotopic (exact) mass is 445 g/mol. The molecule has 0 bridgehead atoms. The van der Waals surface area contributed by atoms with E-state index in [0.717, 1.165) is 16.2 Å². The molecule has 0 spiro atoms. The van der Waals surface area contributed by atoms with Crippen molar-refractivity contribution in [1.29, 1.82) is 5.41 Å². The highest BCUT2D eigenvalue weighted by Gasteiger charge is 2.18. The standard InChI is InChI=1S/C21H23N3O6S/c1-13(20(28)24(9-2-10-25)12-18(26)27)11-16-7-8-17(31-16)21(29)30-15-5-3-14(4-6-15)19(22)23/h3-8,11,25H,2,9-10,12H2,1H3,(H3,22,23)(H,26,27). The Balaban J connectivity index is 2.08. The van der Waals surface area contributed by atoms with Gasteiger partial charge in [-0.25, -0.2) is 4.79 Å². The first-order valence-electron chi connectivity index (χ1n) is 9.28. The summed E-state index contributed by atoms with van der Waals surface area (Å²) in [5, 5.41) is 25.3. The van der Waals surface area contributed by atoms with Crippen LogP contribution in [0.2, 0.25) is 0 Å². The van der Waals surface area contributed by atoms with Crippen molar-refractivity contribution in [3.63, 3.8) is 0 Å². The highest BCUT2D eigenvalue weighted by molar-refractivity contribution is 7.14. The number of aliphatic hydroxyl groups is 1. The number of amidine groups is 1. The number of hydrogen-bond acceptors (Lipinski definition) is 7. The highest BCUT2D eigenvalue weighted by atomic mass is 32.1. The molecule has 0 fully saturated rings. The molecule has 1 aromatic heterocycles. The maximum Gasteiger partial charge on any atom is 0.353 e. The van der Waals surface area contributed by atoms with Gasteiger partial charge in [-0.15, -0.1) is 11.3 Å². The Bertz CT molecular complexity index is 997. The summed E-state index contributed by atoms with van der Waals surface area (Å²) >= 11 is 1.13. The van der Waals surface area contributed by atoms with Gasteiger partial charge >= 0.3 is 11.9 Å². The smallest absolute Gasteiger partial charge is 0.353 e. The lowest BCUT2D eigenvalue weighted by molar-refractivity contribution is -0.143. The molecule has 0 radical (unpaired) electrons. The van der Waals surface area contributed by atoms with E-state index in [4.69, 9.17) is 26.1 Å². The number of ether oxygens (including phenoxy) is 1. The van der Waals surface area contributed by atoms with Crippen LogP contribution < -0.4 is 10.5 Å². The molecule has 1 heterocycles. The Morgan fingerprint density at radius 1 is 1.19 bits per heavy atom. The summed E-state index contributed by atoms with van der Waals surface area (Å²) in [6.07, 6.45) is 1.84. The summed E-state index contributed by atoms with van der Waals surface area (Å²) in [7, 11) is 0. The second-order valence-corrected chi connectivity index (χ2v) is 7.67. The van der Waals surface area contributed by atoms with E-state index in [1.165, 1.54) is 12.1 Å². The Morgan fingerprint density at radius 3 is 2.45 bits per heavy atom. The Kier molecular flexibility index (Phi) is 8.47. The van der Waals surface area contributed by atoms with Gasteiger partial charge in [0.05, 0.1) is 0 Å². The van der Waals surface area contributed by atoms with Crippen LogP contribution in [0.25, 0.3) is 6.08 Å². The molecule has 0 unspecified atom stereocenters. The topological polar surface area (TPSA) is 154 Å². The minimum absolute atomic E-state index is 0.0873. The molecule has 0 saturated heterocycles. The lowest BCUT2D eigenvalue weighted by Gasteiger charge is -2.20. The van der Waals surface area contributed by atoms with E-state index in [0.29, 0.717) is 26.6 Å². The number of aliphatic carboxylic acids is 1. The highest BCUT2D eigenvalue weighted by Crippen LogP contribution is 2.22. The van der Waals surface area contributed by atoms with Gasteiger partial charge in [0, 0.05) is 29.2 Å². The average molecular weight is 445 g/mol. The van der Waals surface area contributed by atoms with Crippen LogP contribution in [0.4, 0.5) is 0 Å². The largest absolute Gasteiger partial charge is 0.480 e. The van der Waals surface area contributed by atoms with Crippen molar-refractivity contribution in [2.24, 2.45) is 5.73 Å². The van der Waals surface area contributed by atoms with Gasteiger partial charge in [0.15, 0.2) is 0 Å². The number of carboxylic acid groups (broad SMARTS) is 1. The van der Waals surface area contributed by atoms with Crippen molar-refractivity contribution in [3.8, 4) is 5.75 Å². The molecule has 2 rings (SSSR count). The van der Waals surface area contributed by atoms with E-state index in [-0.39, 0.29) is 25.4 Å². The number of nitrogens with zero attached hydrogens (tertiary/aromatic N) is 1. The van der Waals surface area contributed by atoms with Crippen molar-refractivity contribution >= 4 is 41.1 Å². The number of rotatable bonds is 10. The molecule has 31 heavy (non-hydrogen) atoms. The molecule has 2 aromatic rings. The predicted molar refractivity (Wildman–Crippen MR) is 116 cm³/mol. The molecule has 9 nitrogen and oxygen atoms in total. The Morgan fingerprint density at radius 2 is 1.87 bits per heavy atom. The van der Waals surface area contributed by atoms with Gasteiger partial charge in [-0.05, 0) is 55.8 Å². The van der Waals surface area contributed by atoms with Crippen LogP contribution in [0, 0.1) is 5.41 Å². The van der Waals surface area contributed by atoms with Crippen LogP contribution in [0.1, 0.15) is 33.5 Å². The van der Waals surface area contributed by atoms with E-state index in [2.05, 4.69) is 0 Å². The van der Waals surface area contributed by atoms with E-state index >= 15 is 0 Å². The molecule has 1 amide bonds. The van der Waals surface area contributed by atoms with Crippen LogP contribution in [0.3, 0.4) is 0 Å². The maximum absolute atomic E-state index is 12.5. The molecule has 0 aliphatic rings. The number of nitrogen functional groups attached to an aromatic ring is 1. The second kappa shape index (κ2) is 11.0. The second-order valence-electron chi connectivity index (χ2n) is 6.55. The van der Waals surface area contributed by atoms with Gasteiger partial charge in [-0.1, -0.05) is 0 Å². The first-order chi connectivity index (χ1) is 14.7. The molecule has 5 N–H and O–H groups in total. The van der Waals surface area contributed by atoms with Crippen LogP contribution >= 0.6 is 11.3 Å². The fraction of sp³-hybridized carbons (Fsp3) is 0.238. The normalized spacial score (nSPS) is 11.1. The van der Waals surface area contributed by atoms with Crippen molar-refractivity contribution < 1.29 is 29.3 Å². The van der Waals surface area contributed by atoms with Crippen molar-refractivity contribution in [2.75, 3.05) is 19.7 Å². The van der Waals surface area contributed by atoms with Crippen LogP contribution in [0.5, 0.6) is 5.75 Å². The third kappa shape index (κ3) is 7.05.